The second kappa shape index (κ2) is 11.0. The lowest BCUT2D eigenvalue weighted by Crippen LogP contribution is -2.71. The number of morpholine rings is 2. The van der Waals surface area contributed by atoms with E-state index >= 15 is 0 Å². The van der Waals surface area contributed by atoms with Gasteiger partial charge in [0.2, 0.25) is 5.91 Å². The maximum Gasteiger partial charge on any atom is 0.411 e. The van der Waals surface area contributed by atoms with Crippen molar-refractivity contribution in [1.82, 2.24) is 19.6 Å². The van der Waals surface area contributed by atoms with Gasteiger partial charge in [0, 0.05) is 52.7 Å². The number of carbonyl (C=O) groups is 2. The van der Waals surface area contributed by atoms with Crippen LogP contribution in [0.1, 0.15) is 19.4 Å². The first kappa shape index (κ1) is 24.3. The van der Waals surface area contributed by atoms with Crippen LogP contribution in [0.15, 0.2) is 24.3 Å². The van der Waals surface area contributed by atoms with Gasteiger partial charge >= 0.3 is 6.09 Å². The number of fused-ring (bicyclic) bond motifs is 2. The van der Waals surface area contributed by atoms with Crippen molar-refractivity contribution in [3.8, 4) is 11.8 Å². The van der Waals surface area contributed by atoms with Crippen molar-refractivity contribution in [3.05, 3.63) is 29.8 Å². The fourth-order valence-electron chi connectivity index (χ4n) is 4.97. The molecule has 34 heavy (non-hydrogen) atoms. The third-order valence-electron chi connectivity index (χ3n) is 6.62. The Kier molecular flexibility index (Phi) is 7.88. The van der Waals surface area contributed by atoms with Gasteiger partial charge in [-0.25, -0.2) is 4.79 Å². The first-order chi connectivity index (χ1) is 16.5. The molecule has 0 aliphatic carbocycles. The summed E-state index contributed by atoms with van der Waals surface area (Å²) in [6, 6.07) is 9.21. The second-order valence-corrected chi connectivity index (χ2v) is 8.85. The molecular weight excluding hydrogens is 438 g/mol. The highest BCUT2D eigenvalue weighted by atomic mass is 16.6. The summed E-state index contributed by atoms with van der Waals surface area (Å²) in [6.45, 7) is 9.52. The number of nitriles is 1. The van der Waals surface area contributed by atoms with Gasteiger partial charge in [-0.2, -0.15) is 5.26 Å². The molecule has 3 heterocycles. The smallest absolute Gasteiger partial charge is 0.411 e. The summed E-state index contributed by atoms with van der Waals surface area (Å²) < 4.78 is 17.6. The summed E-state index contributed by atoms with van der Waals surface area (Å²) in [7, 11) is 0. The highest BCUT2D eigenvalue weighted by Gasteiger charge is 2.47. The SMILES string of the molecule is CCOC(=O)N1CC2CN(CCOc3ccc(C#N)cc3)CC(O2)C1N1CCN(C(C)=O)CC1. The van der Waals surface area contributed by atoms with Crippen LogP contribution in [0.4, 0.5) is 4.79 Å². The molecule has 10 nitrogen and oxygen atoms in total. The first-order valence-electron chi connectivity index (χ1n) is 11.9. The van der Waals surface area contributed by atoms with Crippen LogP contribution in [0.25, 0.3) is 0 Å². The maximum atomic E-state index is 12.8. The van der Waals surface area contributed by atoms with E-state index in [1.165, 1.54) is 0 Å². The molecule has 3 unspecified atom stereocenters. The lowest BCUT2D eigenvalue weighted by atomic mass is 10.0. The minimum absolute atomic E-state index is 0.0768. The Bertz CT molecular complexity index is 896. The molecule has 10 heteroatoms. The van der Waals surface area contributed by atoms with Crippen molar-refractivity contribution in [3.63, 3.8) is 0 Å². The fourth-order valence-corrected chi connectivity index (χ4v) is 4.97. The van der Waals surface area contributed by atoms with Crippen molar-refractivity contribution in [1.29, 1.82) is 5.26 Å². The lowest BCUT2D eigenvalue weighted by Gasteiger charge is -2.54. The number of piperazine rings is 1. The van der Waals surface area contributed by atoms with Crippen LogP contribution in [0, 0.1) is 11.3 Å². The molecule has 3 aliphatic heterocycles. The van der Waals surface area contributed by atoms with E-state index in [0.717, 1.165) is 12.3 Å². The van der Waals surface area contributed by atoms with Crippen LogP contribution in [-0.4, -0.2) is 116 Å². The van der Waals surface area contributed by atoms with E-state index in [4.69, 9.17) is 19.5 Å². The van der Waals surface area contributed by atoms with E-state index in [1.807, 2.05) is 16.7 Å². The largest absolute Gasteiger partial charge is 0.492 e. The average Bonchev–Trinajstić information content (AvgIpc) is 2.84. The van der Waals surface area contributed by atoms with Crippen LogP contribution in [0.2, 0.25) is 0 Å². The topological polar surface area (TPSA) is 98.6 Å². The van der Waals surface area contributed by atoms with E-state index in [2.05, 4.69) is 15.9 Å². The van der Waals surface area contributed by atoms with Crippen molar-refractivity contribution < 1.29 is 23.8 Å². The van der Waals surface area contributed by atoms with E-state index in [9.17, 15) is 9.59 Å². The van der Waals surface area contributed by atoms with Gasteiger partial charge in [0.25, 0.3) is 0 Å². The normalized spacial score (nSPS) is 25.5. The zero-order chi connectivity index (χ0) is 24.1. The molecule has 2 amide bonds. The zero-order valence-corrected chi connectivity index (χ0v) is 19.9. The third kappa shape index (κ3) is 5.60. The Hall–Kier alpha value is -2.87. The first-order valence-corrected chi connectivity index (χ1v) is 11.9. The average molecular weight is 472 g/mol. The van der Waals surface area contributed by atoms with Gasteiger partial charge in [0.1, 0.15) is 24.6 Å². The van der Waals surface area contributed by atoms with Gasteiger partial charge in [0.15, 0.2) is 0 Å². The summed E-state index contributed by atoms with van der Waals surface area (Å²) in [5, 5.41) is 8.93. The molecule has 1 aromatic carbocycles. The van der Waals surface area contributed by atoms with Crippen LogP contribution >= 0.6 is 0 Å². The van der Waals surface area contributed by atoms with Crippen LogP contribution in [0.3, 0.4) is 0 Å². The van der Waals surface area contributed by atoms with Gasteiger partial charge in [-0.15, -0.1) is 0 Å². The summed E-state index contributed by atoms with van der Waals surface area (Å²) in [6.07, 6.45) is -0.799. The van der Waals surface area contributed by atoms with Gasteiger partial charge < -0.3 is 19.1 Å². The van der Waals surface area contributed by atoms with Crippen LogP contribution in [0.5, 0.6) is 5.75 Å². The predicted molar refractivity (Wildman–Crippen MR) is 123 cm³/mol. The summed E-state index contributed by atoms with van der Waals surface area (Å²) in [4.78, 5) is 32.8. The van der Waals surface area contributed by atoms with Gasteiger partial charge in [-0.1, -0.05) is 0 Å². The molecule has 0 saturated carbocycles. The number of ether oxygens (including phenoxy) is 3. The molecule has 0 N–H and O–H groups in total. The monoisotopic (exact) mass is 471 g/mol. The highest BCUT2D eigenvalue weighted by molar-refractivity contribution is 5.73. The molecule has 0 radical (unpaired) electrons. The highest BCUT2D eigenvalue weighted by Crippen LogP contribution is 2.28. The molecular formula is C24H33N5O5. The Morgan fingerprint density at radius 3 is 2.50 bits per heavy atom. The Morgan fingerprint density at radius 1 is 1.12 bits per heavy atom. The number of hydrogen-bond acceptors (Lipinski definition) is 8. The molecule has 4 rings (SSSR count). The molecule has 3 saturated heterocycles. The molecule has 3 atom stereocenters. The van der Waals surface area contributed by atoms with Crippen molar-refractivity contribution >= 4 is 12.0 Å². The van der Waals surface area contributed by atoms with E-state index in [0.29, 0.717) is 64.6 Å². The van der Waals surface area contributed by atoms with Crippen LogP contribution < -0.4 is 4.74 Å². The van der Waals surface area contributed by atoms with Gasteiger partial charge in [-0.05, 0) is 31.2 Å². The molecule has 0 spiro atoms. The van der Waals surface area contributed by atoms with Crippen molar-refractivity contribution in [2.75, 3.05) is 65.6 Å². The van der Waals surface area contributed by atoms with E-state index < -0.39 is 0 Å². The number of carbonyl (C=O) groups excluding carboxylic acids is 2. The maximum absolute atomic E-state index is 12.8. The van der Waals surface area contributed by atoms with Crippen LogP contribution in [-0.2, 0) is 14.3 Å². The molecule has 184 valence electrons. The standard InChI is InChI=1S/C24H33N5O5/c1-3-32-24(31)29-16-21-15-26(12-13-33-20-6-4-19(14-25)5-7-20)17-22(34-21)23(29)28-10-8-27(9-11-28)18(2)30/h4-7,21-23H,3,8-13,15-17H2,1-2H3. The lowest BCUT2D eigenvalue weighted by molar-refractivity contribution is -0.195. The molecule has 1 aromatic rings. The number of hydrogen-bond donors (Lipinski definition) is 0. The van der Waals surface area contributed by atoms with Gasteiger partial charge in [0.05, 0.1) is 30.9 Å². The minimum Gasteiger partial charge on any atom is -0.492 e. The van der Waals surface area contributed by atoms with Crippen molar-refractivity contribution in [2.24, 2.45) is 0 Å². The summed E-state index contributed by atoms with van der Waals surface area (Å²) >= 11 is 0. The molecule has 3 fully saturated rings. The van der Waals surface area contributed by atoms with E-state index in [-0.39, 0.29) is 30.4 Å². The quantitative estimate of drug-likeness (QED) is 0.605. The Balaban J connectivity index is 1.39. The van der Waals surface area contributed by atoms with Crippen molar-refractivity contribution in [2.45, 2.75) is 32.2 Å². The summed E-state index contributed by atoms with van der Waals surface area (Å²) in [5.74, 6) is 0.815. The van der Waals surface area contributed by atoms with E-state index in [1.54, 1.807) is 31.2 Å². The second-order valence-electron chi connectivity index (χ2n) is 8.85. The third-order valence-corrected chi connectivity index (χ3v) is 6.62. The van der Waals surface area contributed by atoms with Gasteiger partial charge in [-0.3, -0.25) is 19.5 Å². The molecule has 3 aliphatic rings. The molecule has 2 bridgehead atoms. The number of nitrogens with zero attached hydrogens (tertiary/aromatic N) is 5. The Labute approximate surface area is 200 Å². The predicted octanol–water partition coefficient (Wildman–Crippen LogP) is 0.969. The number of amides is 2. The Morgan fingerprint density at radius 2 is 1.85 bits per heavy atom. The fraction of sp³-hybridized carbons (Fsp3) is 0.625. The minimum atomic E-state index is -0.308. The summed E-state index contributed by atoms with van der Waals surface area (Å²) in [5.41, 5.74) is 0.606. The number of benzene rings is 1. The molecule has 0 aromatic heterocycles. The zero-order valence-electron chi connectivity index (χ0n) is 19.9. The number of rotatable bonds is 6.